The molecule has 0 aliphatic rings. The van der Waals surface area contributed by atoms with Gasteiger partial charge in [-0.15, -0.1) is 0 Å². The molecule has 0 bridgehead atoms. The van der Waals surface area contributed by atoms with E-state index in [-0.39, 0.29) is 25.2 Å². The van der Waals surface area contributed by atoms with Gasteiger partial charge in [0.1, 0.15) is 5.75 Å². The highest BCUT2D eigenvalue weighted by molar-refractivity contribution is 6.30. The Bertz CT molecular complexity index is 746. The number of amides is 1. The zero-order chi connectivity index (χ0) is 18.9. The number of aryl methyl sites for hydroxylation is 1. The Balaban J connectivity index is 1.74. The molecule has 0 aliphatic heterocycles. The first-order chi connectivity index (χ1) is 12.5. The number of carbonyl (C=O) groups excluding carboxylic acids is 2. The van der Waals surface area contributed by atoms with Crippen LogP contribution in [0.3, 0.4) is 0 Å². The number of hydrogen-bond acceptors (Lipinski definition) is 4. The highest BCUT2D eigenvalue weighted by Crippen LogP contribution is 2.18. The van der Waals surface area contributed by atoms with Crippen LogP contribution in [0.15, 0.2) is 48.5 Å². The molecule has 0 heterocycles. The minimum Gasteiger partial charge on any atom is -0.482 e. The highest BCUT2D eigenvalue weighted by atomic mass is 35.5. The summed E-state index contributed by atoms with van der Waals surface area (Å²) in [7, 11) is 0. The summed E-state index contributed by atoms with van der Waals surface area (Å²) in [5, 5.41) is 3.39. The lowest BCUT2D eigenvalue weighted by atomic mass is 10.1. The van der Waals surface area contributed by atoms with Crippen molar-refractivity contribution in [2.24, 2.45) is 0 Å². The maximum atomic E-state index is 11.9. The third-order valence-corrected chi connectivity index (χ3v) is 4.06. The molecule has 0 saturated heterocycles. The molecular weight excluding hydrogens is 354 g/mol. The number of nitrogens with one attached hydrogen (secondary N) is 1. The molecule has 1 amide bonds. The van der Waals surface area contributed by atoms with Crippen molar-refractivity contribution >= 4 is 23.5 Å². The van der Waals surface area contributed by atoms with E-state index in [1.807, 2.05) is 44.2 Å². The fourth-order valence-corrected chi connectivity index (χ4v) is 2.51. The Kier molecular flexibility index (Phi) is 7.48. The van der Waals surface area contributed by atoms with Crippen LogP contribution < -0.4 is 10.1 Å². The van der Waals surface area contributed by atoms with Gasteiger partial charge in [-0.1, -0.05) is 48.9 Å². The number of benzene rings is 2. The Morgan fingerprint density at radius 1 is 1.08 bits per heavy atom. The molecule has 0 aromatic heterocycles. The van der Waals surface area contributed by atoms with Gasteiger partial charge in [0.15, 0.2) is 13.2 Å². The van der Waals surface area contributed by atoms with Crippen molar-refractivity contribution < 1.29 is 19.1 Å². The topological polar surface area (TPSA) is 64.6 Å². The molecular formula is C20H22ClNO4. The van der Waals surface area contributed by atoms with Gasteiger partial charge in [-0.25, -0.2) is 4.79 Å². The van der Waals surface area contributed by atoms with E-state index in [2.05, 4.69) is 5.32 Å². The Labute approximate surface area is 158 Å². The first-order valence-electron chi connectivity index (χ1n) is 8.40. The molecule has 6 heteroatoms. The summed E-state index contributed by atoms with van der Waals surface area (Å²) in [5.74, 6) is -0.326. The van der Waals surface area contributed by atoms with Gasteiger partial charge in [0.25, 0.3) is 5.91 Å². The van der Waals surface area contributed by atoms with Crippen LogP contribution in [0.4, 0.5) is 0 Å². The standard InChI is InChI=1S/C20H22ClNO4/c1-3-15-6-4-5-7-18(15)25-13-20(24)26-12-19(23)22-14(2)16-8-10-17(21)11-9-16/h4-11,14H,3,12-13H2,1-2H3,(H,22,23). The fraction of sp³-hybridized carbons (Fsp3) is 0.300. The molecule has 26 heavy (non-hydrogen) atoms. The lowest BCUT2D eigenvalue weighted by Crippen LogP contribution is -2.31. The molecule has 0 spiro atoms. The van der Waals surface area contributed by atoms with Gasteiger partial charge in [-0.05, 0) is 42.7 Å². The van der Waals surface area contributed by atoms with E-state index in [9.17, 15) is 9.59 Å². The normalized spacial score (nSPS) is 11.5. The van der Waals surface area contributed by atoms with Crippen molar-refractivity contribution in [3.8, 4) is 5.75 Å². The average Bonchev–Trinajstić information content (AvgIpc) is 2.65. The van der Waals surface area contributed by atoms with Crippen LogP contribution in [-0.4, -0.2) is 25.1 Å². The van der Waals surface area contributed by atoms with Crippen molar-refractivity contribution in [2.75, 3.05) is 13.2 Å². The molecule has 1 unspecified atom stereocenters. The summed E-state index contributed by atoms with van der Waals surface area (Å²) in [5.41, 5.74) is 1.92. The van der Waals surface area contributed by atoms with Crippen LogP contribution in [-0.2, 0) is 20.7 Å². The summed E-state index contributed by atoms with van der Waals surface area (Å²) in [6.45, 7) is 3.26. The van der Waals surface area contributed by atoms with Gasteiger partial charge in [0.2, 0.25) is 0 Å². The Hall–Kier alpha value is -2.53. The third kappa shape index (κ3) is 6.08. The lowest BCUT2D eigenvalue weighted by Gasteiger charge is -2.14. The fourth-order valence-electron chi connectivity index (χ4n) is 2.38. The molecule has 2 aromatic carbocycles. The van der Waals surface area contributed by atoms with Gasteiger partial charge in [0.05, 0.1) is 6.04 Å². The van der Waals surface area contributed by atoms with Crippen LogP contribution in [0.2, 0.25) is 5.02 Å². The van der Waals surface area contributed by atoms with Crippen molar-refractivity contribution in [1.29, 1.82) is 0 Å². The van der Waals surface area contributed by atoms with Gasteiger partial charge >= 0.3 is 5.97 Å². The van der Waals surface area contributed by atoms with E-state index in [4.69, 9.17) is 21.1 Å². The molecule has 0 radical (unpaired) electrons. The zero-order valence-corrected chi connectivity index (χ0v) is 15.6. The molecule has 1 N–H and O–H groups in total. The smallest absolute Gasteiger partial charge is 0.344 e. The number of carbonyl (C=O) groups is 2. The second kappa shape index (κ2) is 9.82. The number of hydrogen-bond donors (Lipinski definition) is 1. The van der Waals surface area contributed by atoms with Crippen molar-refractivity contribution in [3.63, 3.8) is 0 Å². The number of rotatable bonds is 8. The molecule has 1 atom stereocenters. The van der Waals surface area contributed by atoms with Crippen molar-refractivity contribution in [3.05, 3.63) is 64.7 Å². The molecule has 0 saturated carbocycles. The van der Waals surface area contributed by atoms with E-state index in [1.165, 1.54) is 0 Å². The summed E-state index contributed by atoms with van der Waals surface area (Å²) >= 11 is 5.84. The predicted octanol–water partition coefficient (Wildman–Crippen LogP) is 3.70. The molecule has 138 valence electrons. The van der Waals surface area contributed by atoms with Gasteiger partial charge in [-0.2, -0.15) is 0 Å². The van der Waals surface area contributed by atoms with E-state index in [0.29, 0.717) is 10.8 Å². The third-order valence-electron chi connectivity index (χ3n) is 3.81. The maximum absolute atomic E-state index is 11.9. The Morgan fingerprint density at radius 3 is 2.46 bits per heavy atom. The first-order valence-corrected chi connectivity index (χ1v) is 8.78. The molecule has 0 fully saturated rings. The van der Waals surface area contributed by atoms with E-state index in [1.54, 1.807) is 18.2 Å². The number of halogens is 1. The molecule has 2 aromatic rings. The summed E-state index contributed by atoms with van der Waals surface area (Å²) in [6, 6.07) is 14.4. The SMILES string of the molecule is CCc1ccccc1OCC(=O)OCC(=O)NC(C)c1ccc(Cl)cc1. The van der Waals surface area contributed by atoms with Crippen LogP contribution in [0.5, 0.6) is 5.75 Å². The minimum absolute atomic E-state index is 0.217. The van der Waals surface area contributed by atoms with Crippen LogP contribution in [0, 0.1) is 0 Å². The maximum Gasteiger partial charge on any atom is 0.344 e. The molecule has 2 rings (SSSR count). The van der Waals surface area contributed by atoms with Crippen LogP contribution in [0.25, 0.3) is 0 Å². The average molecular weight is 376 g/mol. The first kappa shape index (κ1) is 19.8. The van der Waals surface area contributed by atoms with E-state index >= 15 is 0 Å². The lowest BCUT2D eigenvalue weighted by molar-refractivity contribution is -0.150. The minimum atomic E-state index is -0.592. The number of esters is 1. The van der Waals surface area contributed by atoms with Gasteiger partial charge in [0, 0.05) is 5.02 Å². The molecule has 5 nitrogen and oxygen atoms in total. The largest absolute Gasteiger partial charge is 0.482 e. The Morgan fingerprint density at radius 2 is 1.77 bits per heavy atom. The monoisotopic (exact) mass is 375 g/mol. The second-order valence-corrected chi connectivity index (χ2v) is 6.19. The van der Waals surface area contributed by atoms with Crippen LogP contribution >= 0.6 is 11.6 Å². The zero-order valence-electron chi connectivity index (χ0n) is 14.8. The van der Waals surface area contributed by atoms with E-state index < -0.39 is 5.97 Å². The molecule has 0 aliphatic carbocycles. The van der Waals surface area contributed by atoms with Gasteiger partial charge in [-0.3, -0.25) is 4.79 Å². The van der Waals surface area contributed by atoms with Crippen LogP contribution in [0.1, 0.15) is 31.0 Å². The number of para-hydroxylation sites is 1. The summed E-state index contributed by atoms with van der Waals surface area (Å²) in [4.78, 5) is 23.7. The van der Waals surface area contributed by atoms with Gasteiger partial charge < -0.3 is 14.8 Å². The van der Waals surface area contributed by atoms with Crippen molar-refractivity contribution in [2.45, 2.75) is 26.3 Å². The summed E-state index contributed by atoms with van der Waals surface area (Å²) < 4.78 is 10.4. The number of ether oxygens (including phenoxy) is 2. The quantitative estimate of drug-likeness (QED) is 0.714. The van der Waals surface area contributed by atoms with Crippen molar-refractivity contribution in [1.82, 2.24) is 5.32 Å². The second-order valence-electron chi connectivity index (χ2n) is 5.75. The summed E-state index contributed by atoms with van der Waals surface area (Å²) in [6.07, 6.45) is 0.802. The highest BCUT2D eigenvalue weighted by Gasteiger charge is 2.13. The predicted molar refractivity (Wildman–Crippen MR) is 100 cm³/mol. The van der Waals surface area contributed by atoms with E-state index in [0.717, 1.165) is 17.5 Å².